The Labute approximate surface area is 131 Å². The van der Waals surface area contributed by atoms with Crippen LogP contribution < -0.4 is 10.2 Å². The fourth-order valence-corrected chi connectivity index (χ4v) is 2.76. The maximum absolute atomic E-state index is 4.60. The van der Waals surface area contributed by atoms with Crippen LogP contribution in [0.25, 0.3) is 0 Å². The summed E-state index contributed by atoms with van der Waals surface area (Å²) < 4.78 is 0. The normalized spacial score (nSPS) is 15.8. The van der Waals surface area contributed by atoms with Gasteiger partial charge >= 0.3 is 0 Å². The lowest BCUT2D eigenvalue weighted by molar-refractivity contribution is 0.436. The van der Waals surface area contributed by atoms with E-state index in [0.29, 0.717) is 12.5 Å². The van der Waals surface area contributed by atoms with Crippen molar-refractivity contribution in [1.29, 1.82) is 0 Å². The fraction of sp³-hybridized carbons (Fsp3) is 0.471. The van der Waals surface area contributed by atoms with Crippen LogP contribution in [-0.4, -0.2) is 28.3 Å². The van der Waals surface area contributed by atoms with E-state index in [-0.39, 0.29) is 0 Å². The highest BCUT2D eigenvalue weighted by Crippen LogP contribution is 2.21. The number of nitrogens with zero attached hydrogens (tertiary/aromatic N) is 4. The van der Waals surface area contributed by atoms with Gasteiger partial charge in [0.2, 0.25) is 5.95 Å². The molecule has 0 unspecified atom stereocenters. The zero-order valence-electron chi connectivity index (χ0n) is 13.3. The molecule has 1 fully saturated rings. The Morgan fingerprint density at radius 1 is 1.27 bits per heavy atom. The van der Waals surface area contributed by atoms with Gasteiger partial charge in [0, 0.05) is 19.6 Å². The van der Waals surface area contributed by atoms with E-state index in [1.165, 1.54) is 24.0 Å². The van der Waals surface area contributed by atoms with Crippen LogP contribution in [0.5, 0.6) is 0 Å². The number of rotatable bonds is 4. The maximum Gasteiger partial charge on any atom is 0.244 e. The number of hydrogen-bond acceptors (Lipinski definition) is 5. The summed E-state index contributed by atoms with van der Waals surface area (Å²) >= 11 is 0. The molecule has 3 rings (SSSR count). The van der Waals surface area contributed by atoms with Gasteiger partial charge in [0.05, 0.1) is 6.20 Å². The van der Waals surface area contributed by atoms with Crippen LogP contribution >= 0.6 is 0 Å². The number of benzene rings is 1. The van der Waals surface area contributed by atoms with E-state index >= 15 is 0 Å². The summed E-state index contributed by atoms with van der Waals surface area (Å²) in [7, 11) is 0. The smallest absolute Gasteiger partial charge is 0.244 e. The van der Waals surface area contributed by atoms with E-state index in [2.05, 4.69) is 63.5 Å². The minimum atomic E-state index is 0.595. The van der Waals surface area contributed by atoms with Crippen LogP contribution in [0.4, 0.5) is 11.8 Å². The molecule has 1 saturated heterocycles. The second-order valence-corrected chi connectivity index (χ2v) is 6.15. The van der Waals surface area contributed by atoms with Crippen molar-refractivity contribution >= 4 is 11.8 Å². The molecule has 0 bridgehead atoms. The molecule has 0 saturated carbocycles. The molecule has 1 aromatic carbocycles. The van der Waals surface area contributed by atoms with Gasteiger partial charge in [0.15, 0.2) is 5.82 Å². The predicted octanol–water partition coefficient (Wildman–Crippen LogP) is 3.03. The molecule has 0 aliphatic carbocycles. The van der Waals surface area contributed by atoms with Crippen LogP contribution in [0.2, 0.25) is 0 Å². The van der Waals surface area contributed by atoms with Crippen molar-refractivity contribution in [2.24, 2.45) is 5.92 Å². The molecule has 1 N–H and O–H groups in total. The Morgan fingerprint density at radius 2 is 2.09 bits per heavy atom. The SMILES string of the molecule is Cc1cccc(CNc2nncc(N3CCC(C)CC3)n2)c1. The number of aryl methyl sites for hydroxylation is 1. The first-order valence-corrected chi connectivity index (χ1v) is 7.95. The summed E-state index contributed by atoms with van der Waals surface area (Å²) in [6, 6.07) is 8.43. The molecule has 2 aromatic rings. The highest BCUT2D eigenvalue weighted by molar-refractivity contribution is 5.41. The number of anilines is 2. The number of aromatic nitrogens is 3. The molecule has 116 valence electrons. The lowest BCUT2D eigenvalue weighted by Crippen LogP contribution is -2.33. The Bertz CT molecular complexity index is 620. The number of nitrogens with one attached hydrogen (secondary N) is 1. The van der Waals surface area contributed by atoms with Crippen molar-refractivity contribution in [2.45, 2.75) is 33.2 Å². The summed E-state index contributed by atoms with van der Waals surface area (Å²) in [6.45, 7) is 7.22. The molecule has 22 heavy (non-hydrogen) atoms. The summed E-state index contributed by atoms with van der Waals surface area (Å²) in [4.78, 5) is 6.90. The summed E-state index contributed by atoms with van der Waals surface area (Å²) in [6.07, 6.45) is 4.19. The van der Waals surface area contributed by atoms with Crippen LogP contribution in [0.3, 0.4) is 0 Å². The molecular weight excluding hydrogens is 274 g/mol. The number of hydrogen-bond donors (Lipinski definition) is 1. The van der Waals surface area contributed by atoms with Crippen LogP contribution in [0, 0.1) is 12.8 Å². The quantitative estimate of drug-likeness (QED) is 0.940. The van der Waals surface area contributed by atoms with Gasteiger partial charge in [-0.15, -0.1) is 5.10 Å². The van der Waals surface area contributed by atoms with Gasteiger partial charge in [0.25, 0.3) is 0 Å². The second kappa shape index (κ2) is 6.73. The zero-order chi connectivity index (χ0) is 15.4. The third kappa shape index (κ3) is 3.72. The van der Waals surface area contributed by atoms with Gasteiger partial charge in [-0.1, -0.05) is 36.8 Å². The van der Waals surface area contributed by atoms with Gasteiger partial charge in [-0.3, -0.25) is 0 Å². The molecule has 0 spiro atoms. The van der Waals surface area contributed by atoms with Crippen molar-refractivity contribution < 1.29 is 0 Å². The van der Waals surface area contributed by atoms with Gasteiger partial charge in [-0.25, -0.2) is 0 Å². The lowest BCUT2D eigenvalue weighted by atomic mass is 9.99. The zero-order valence-corrected chi connectivity index (χ0v) is 13.3. The Kier molecular flexibility index (Phi) is 4.51. The van der Waals surface area contributed by atoms with Crippen molar-refractivity contribution in [3.8, 4) is 0 Å². The molecular formula is C17H23N5. The van der Waals surface area contributed by atoms with Gasteiger partial charge in [0.1, 0.15) is 0 Å². The predicted molar refractivity (Wildman–Crippen MR) is 88.9 cm³/mol. The summed E-state index contributed by atoms with van der Waals surface area (Å²) in [5, 5.41) is 11.4. The summed E-state index contributed by atoms with van der Waals surface area (Å²) in [5.41, 5.74) is 2.48. The van der Waals surface area contributed by atoms with Gasteiger partial charge in [-0.05, 0) is 31.2 Å². The van der Waals surface area contributed by atoms with Crippen molar-refractivity contribution in [1.82, 2.24) is 15.2 Å². The van der Waals surface area contributed by atoms with Crippen molar-refractivity contribution in [3.63, 3.8) is 0 Å². The summed E-state index contributed by atoms with van der Waals surface area (Å²) in [5.74, 6) is 2.33. The van der Waals surface area contributed by atoms with E-state index in [0.717, 1.165) is 24.8 Å². The first kappa shape index (κ1) is 14.8. The molecule has 0 radical (unpaired) electrons. The van der Waals surface area contributed by atoms with E-state index in [1.54, 1.807) is 6.20 Å². The minimum Gasteiger partial charge on any atom is -0.355 e. The Balaban J connectivity index is 1.64. The van der Waals surface area contributed by atoms with Gasteiger partial charge < -0.3 is 10.2 Å². The monoisotopic (exact) mass is 297 g/mol. The third-order valence-electron chi connectivity index (χ3n) is 4.19. The number of piperidine rings is 1. The third-order valence-corrected chi connectivity index (χ3v) is 4.19. The molecule has 1 aliphatic rings. The maximum atomic E-state index is 4.60. The highest BCUT2D eigenvalue weighted by atomic mass is 15.3. The Hall–Kier alpha value is -2.17. The molecule has 1 aliphatic heterocycles. The first-order chi connectivity index (χ1) is 10.7. The minimum absolute atomic E-state index is 0.595. The Morgan fingerprint density at radius 3 is 2.86 bits per heavy atom. The van der Waals surface area contributed by atoms with Gasteiger partial charge in [-0.2, -0.15) is 10.1 Å². The molecule has 1 aromatic heterocycles. The van der Waals surface area contributed by atoms with E-state index in [4.69, 9.17) is 0 Å². The van der Waals surface area contributed by atoms with Crippen LogP contribution in [0.15, 0.2) is 30.5 Å². The lowest BCUT2D eigenvalue weighted by Gasteiger charge is -2.30. The molecule has 0 atom stereocenters. The van der Waals surface area contributed by atoms with E-state index in [9.17, 15) is 0 Å². The van der Waals surface area contributed by atoms with Crippen molar-refractivity contribution in [3.05, 3.63) is 41.6 Å². The molecule has 5 heteroatoms. The van der Waals surface area contributed by atoms with E-state index in [1.807, 2.05) is 0 Å². The highest BCUT2D eigenvalue weighted by Gasteiger charge is 2.17. The fourth-order valence-electron chi connectivity index (χ4n) is 2.76. The first-order valence-electron chi connectivity index (χ1n) is 7.95. The topological polar surface area (TPSA) is 53.9 Å². The van der Waals surface area contributed by atoms with Crippen LogP contribution in [0.1, 0.15) is 30.9 Å². The largest absolute Gasteiger partial charge is 0.355 e. The molecule has 5 nitrogen and oxygen atoms in total. The second-order valence-electron chi connectivity index (χ2n) is 6.15. The molecule has 0 amide bonds. The van der Waals surface area contributed by atoms with Crippen LogP contribution in [-0.2, 0) is 6.54 Å². The molecule has 2 heterocycles. The average Bonchev–Trinajstić information content (AvgIpc) is 2.54. The average molecular weight is 297 g/mol. The van der Waals surface area contributed by atoms with Crippen molar-refractivity contribution in [2.75, 3.05) is 23.3 Å². The standard InChI is InChI=1S/C17H23N5/c1-13-6-8-22(9-7-13)16-12-19-21-17(20-16)18-11-15-5-3-4-14(2)10-15/h3-5,10,12-13H,6-9,11H2,1-2H3,(H,18,20,21). The van der Waals surface area contributed by atoms with E-state index < -0.39 is 0 Å².